The summed E-state index contributed by atoms with van der Waals surface area (Å²) in [7, 11) is 0. The fourth-order valence-corrected chi connectivity index (χ4v) is 14.3. The maximum Gasteiger partial charge on any atom is -0.00201 e. The van der Waals surface area contributed by atoms with Crippen LogP contribution in [0.5, 0.6) is 0 Å². The second kappa shape index (κ2) is 54.9. The van der Waals surface area contributed by atoms with Crippen LogP contribution >= 0.6 is 0 Å². The number of hydrogen-bond acceptors (Lipinski definition) is 0. The Kier molecular flexibility index (Phi) is 44.9. The summed E-state index contributed by atoms with van der Waals surface area (Å²) in [6.07, 6.45) is 7.70. The van der Waals surface area contributed by atoms with Crippen LogP contribution in [0.2, 0.25) is 0 Å². The van der Waals surface area contributed by atoms with Gasteiger partial charge in [0.15, 0.2) is 0 Å². The molecule has 0 bridgehead atoms. The predicted octanol–water partition coefficient (Wildman–Crippen LogP) is 44.1. The fraction of sp³-hybridized carbons (Fsp3) is 0.305. The molecule has 736 valence electrons. The molecule has 0 heterocycles. The van der Waals surface area contributed by atoms with Crippen LogP contribution in [0.15, 0.2) is 419 Å². The van der Waals surface area contributed by atoms with Gasteiger partial charge in [0.2, 0.25) is 0 Å². The molecule has 0 aromatic heterocycles. The quantitative estimate of drug-likeness (QED) is 0.105. The Morgan fingerprint density at radius 1 is 0.135 bits per heavy atom. The van der Waals surface area contributed by atoms with Crippen LogP contribution in [0.1, 0.15) is 255 Å². The van der Waals surface area contributed by atoms with Gasteiger partial charge in [-0.2, -0.15) is 0 Å². The van der Waals surface area contributed by atoms with Crippen LogP contribution in [0.4, 0.5) is 0 Å². The first-order chi connectivity index (χ1) is 66.1. The van der Waals surface area contributed by atoms with E-state index in [1.165, 1.54) is 152 Å². The minimum absolute atomic E-state index is 0.500. The highest BCUT2D eigenvalue weighted by atomic mass is 14.2. The highest BCUT2D eigenvalue weighted by Crippen LogP contribution is 2.37. The van der Waals surface area contributed by atoms with E-state index in [-0.39, 0.29) is 0 Å². The smallest absolute Gasteiger partial charge is 0.00201 e. The third-order valence-electron chi connectivity index (χ3n) is 19.3. The molecule has 0 amide bonds. The van der Waals surface area contributed by atoms with E-state index in [4.69, 9.17) is 0 Å². The molecule has 141 heavy (non-hydrogen) atoms. The molecule has 2 aliphatic carbocycles. The summed E-state index contributed by atoms with van der Waals surface area (Å²) >= 11 is 0. The number of allylic oxidation sites excluding steroid dienone is 1. The largest absolute Gasteiger partial charge is 0.0795 e. The molecule has 0 heteroatoms. The van der Waals surface area contributed by atoms with Gasteiger partial charge in [-0.05, 0) is 227 Å². The van der Waals surface area contributed by atoms with Gasteiger partial charge in [0.25, 0.3) is 0 Å². The summed E-state index contributed by atoms with van der Waals surface area (Å²) in [5.41, 5.74) is 12.8. The van der Waals surface area contributed by atoms with Crippen molar-refractivity contribution in [3.05, 3.63) is 452 Å². The van der Waals surface area contributed by atoms with Crippen LogP contribution < -0.4 is 0 Å². The molecule has 0 N–H and O–H groups in total. The molecule has 0 atom stereocenters. The van der Waals surface area contributed by atoms with E-state index < -0.39 is 0 Å². The summed E-state index contributed by atoms with van der Waals surface area (Å²) in [4.78, 5) is 0. The Morgan fingerprint density at radius 2 is 0.298 bits per heavy atom. The number of rotatable bonds is 0. The van der Waals surface area contributed by atoms with E-state index in [1.807, 2.05) is 36.4 Å². The fourth-order valence-electron chi connectivity index (χ4n) is 14.3. The van der Waals surface area contributed by atoms with Gasteiger partial charge < -0.3 is 0 Å². The van der Waals surface area contributed by atoms with Gasteiger partial charge in [0.1, 0.15) is 0 Å². The lowest BCUT2D eigenvalue weighted by molar-refractivity contribution is 0.469. The molecule has 0 nitrogen and oxygen atoms in total. The van der Waals surface area contributed by atoms with Gasteiger partial charge in [0, 0.05) is 0 Å². The molecular weight excluding hydrogens is 1690 g/mol. The summed E-state index contributed by atoms with van der Waals surface area (Å²) in [5, 5.41) is 29.3. The summed E-state index contributed by atoms with van der Waals surface area (Å²) < 4.78 is 0. The topological polar surface area (TPSA) is 0 Å². The average Bonchev–Trinajstić information content (AvgIpc) is 0.760. The SMILES string of the molecule is C1=Cc2ccccc2C1.CC(C)(C)C.CC(C)(C)C.CC(C)(C)C.CC(C)(C)C.CC(C)(C)C.CC(C)(C)C.CC(C)(C)C.CC(C)(C)C.c1cc2ccc3cccc4ccc(c1)c2c34.c1ccc2c(c1)Cc1ccccc1C2.c1ccc2c(c1)c1ccccc1c1ccccc21.c1ccc2c(c1)ccc1ccccc12.c1ccc2cc3ccccc3cc2c1.c1ccc2ccccc2c1.c1ccccc1. The minimum atomic E-state index is 0.500. The highest BCUT2D eigenvalue weighted by molar-refractivity contribution is 6.25. The summed E-state index contributed by atoms with van der Waals surface area (Å²) in [6, 6.07) is 145. The van der Waals surface area contributed by atoms with E-state index in [0.717, 1.165) is 19.3 Å². The van der Waals surface area contributed by atoms with E-state index in [0.29, 0.717) is 43.3 Å². The zero-order valence-corrected chi connectivity index (χ0v) is 92.5. The lowest BCUT2D eigenvalue weighted by atomic mass is 9.86. The maximum atomic E-state index is 2.24. The first-order valence-corrected chi connectivity index (χ1v) is 51.1. The van der Waals surface area contributed by atoms with Gasteiger partial charge in [-0.25, -0.2) is 0 Å². The first kappa shape index (κ1) is 115. The molecule has 0 aliphatic heterocycles. The Balaban J connectivity index is 0.000000210. The molecule has 2 aliphatic rings. The molecule has 0 unspecified atom stereocenters. The van der Waals surface area contributed by atoms with Gasteiger partial charge in [-0.15, -0.1) is 0 Å². The Bertz CT molecular complexity index is 6190. The first-order valence-electron chi connectivity index (χ1n) is 51.1. The van der Waals surface area contributed by atoms with Crippen molar-refractivity contribution in [2.24, 2.45) is 43.3 Å². The molecule has 0 saturated carbocycles. The molecule has 20 aromatic rings. The van der Waals surface area contributed by atoms with Gasteiger partial charge in [-0.1, -0.05) is 634 Å². The second-order valence-corrected chi connectivity index (χ2v) is 49.7. The van der Waals surface area contributed by atoms with Gasteiger partial charge >= 0.3 is 0 Å². The average molecular weight is 1870 g/mol. The van der Waals surface area contributed by atoms with Crippen molar-refractivity contribution in [3.8, 4) is 0 Å². The lowest BCUT2D eigenvalue weighted by Gasteiger charge is -2.18. The standard InChI is InChI=1S/C18H12.C16H10.C14H10.C14H12.C14H10.C10H8.C9H8.C6H6.8C5H12/c1-2-8-14-13(7-1)15-9-3-4-11-17(15)18-12-6-5-10-16(14)18;1-3-11-7-9-13-5-2-6-14-10-8-12(4-1)15(11)16(13)14;1-3-7-13-11(5-1)9-10-12-6-2-4-8-14(12)13;2*1-2-6-12-10-14-8-4-3-7-13(14)9-11(12)5-1;1-2-6-10-8-4-3-7-9(10)5-1;1-2-5-9-7-3-6-8(9)4-1;1-2-4-6-5-3-1;8*1-5(2,3)4/h1-12H;1-10H;1-10H;1-8H,9-10H2;1-10H;1-8H;1-6H,7H2;1-6H;8*1-4H3. The third kappa shape index (κ3) is 46.9. The van der Waals surface area contributed by atoms with Crippen molar-refractivity contribution in [1.29, 1.82) is 0 Å². The van der Waals surface area contributed by atoms with Crippen molar-refractivity contribution in [1.82, 2.24) is 0 Å². The predicted molar refractivity (Wildman–Crippen MR) is 641 cm³/mol. The van der Waals surface area contributed by atoms with Crippen molar-refractivity contribution in [2.75, 3.05) is 0 Å². The molecule has 0 saturated heterocycles. The molecule has 0 fully saturated rings. The monoisotopic (exact) mass is 1870 g/mol. The Morgan fingerprint density at radius 3 is 0.518 bits per heavy atom. The second-order valence-electron chi connectivity index (χ2n) is 49.7. The van der Waals surface area contributed by atoms with E-state index in [2.05, 4.69) is 610 Å². The Hall–Kier alpha value is -12.7. The van der Waals surface area contributed by atoms with Crippen LogP contribution in [0.3, 0.4) is 0 Å². The molecule has 20 aromatic carbocycles. The molecule has 0 radical (unpaired) electrons. The van der Waals surface area contributed by atoms with Crippen LogP contribution in [-0.2, 0) is 19.3 Å². The molecule has 22 rings (SSSR count). The van der Waals surface area contributed by atoms with E-state index in [9.17, 15) is 0 Å². The highest BCUT2D eigenvalue weighted by Gasteiger charge is 2.15. The van der Waals surface area contributed by atoms with Crippen LogP contribution in [0, 0.1) is 43.3 Å². The number of benzene rings is 20. The zero-order valence-electron chi connectivity index (χ0n) is 92.5. The van der Waals surface area contributed by atoms with Gasteiger partial charge in [0.05, 0.1) is 0 Å². The molecular formula is C141H172. The zero-order chi connectivity index (χ0) is 104. The van der Waals surface area contributed by atoms with Crippen LogP contribution in [0.25, 0.3) is 125 Å². The number of fused-ring (bicyclic) bond motifs is 15. The summed E-state index contributed by atoms with van der Waals surface area (Å²) in [5.74, 6) is 0. The molecule has 0 spiro atoms. The van der Waals surface area contributed by atoms with Crippen molar-refractivity contribution < 1.29 is 0 Å². The Labute approximate surface area is 854 Å². The summed E-state index contributed by atoms with van der Waals surface area (Å²) in [6.45, 7) is 70.0. The van der Waals surface area contributed by atoms with Crippen LogP contribution in [-0.4, -0.2) is 0 Å². The third-order valence-corrected chi connectivity index (χ3v) is 19.3. The van der Waals surface area contributed by atoms with E-state index >= 15 is 0 Å². The van der Waals surface area contributed by atoms with Crippen molar-refractivity contribution in [2.45, 2.75) is 241 Å². The number of hydrogen-bond donors (Lipinski definition) is 0. The van der Waals surface area contributed by atoms with Crippen molar-refractivity contribution in [3.63, 3.8) is 0 Å². The van der Waals surface area contributed by atoms with E-state index in [1.54, 1.807) is 0 Å². The minimum Gasteiger partial charge on any atom is -0.0795 e. The van der Waals surface area contributed by atoms with Gasteiger partial charge in [-0.3, -0.25) is 0 Å². The lowest BCUT2D eigenvalue weighted by Crippen LogP contribution is -2.06. The van der Waals surface area contributed by atoms with Crippen molar-refractivity contribution >= 4 is 125 Å². The normalized spacial score (nSPS) is 11.6. The maximum absolute atomic E-state index is 2.24.